The molecule has 4 aromatic rings. The number of hydrogen-bond acceptors (Lipinski definition) is 8. The first-order valence-corrected chi connectivity index (χ1v) is 11.8. The summed E-state index contributed by atoms with van der Waals surface area (Å²) in [4.78, 5) is 27.3. The number of hydrogen-bond donors (Lipinski definition) is 2. The smallest absolute Gasteiger partial charge is 0.316 e. The Bertz CT molecular complexity index is 1270. The molecule has 0 aliphatic heterocycles. The molecule has 2 N–H and O–H groups in total. The van der Waals surface area contributed by atoms with Gasteiger partial charge in [-0.25, -0.2) is 14.4 Å². The molecule has 5 rings (SSSR count). The normalized spacial score (nSPS) is 18.0. The minimum atomic E-state index is -0.755. The van der Waals surface area contributed by atoms with Crippen molar-refractivity contribution in [2.45, 2.75) is 38.2 Å². The van der Waals surface area contributed by atoms with Gasteiger partial charge in [0.15, 0.2) is 11.6 Å². The van der Waals surface area contributed by atoms with Gasteiger partial charge in [-0.3, -0.25) is 9.78 Å². The van der Waals surface area contributed by atoms with Gasteiger partial charge in [-0.2, -0.15) is 0 Å². The molecule has 1 fully saturated rings. The molecule has 174 valence electrons. The van der Waals surface area contributed by atoms with Crippen molar-refractivity contribution in [3.63, 3.8) is 0 Å². The number of benzene rings is 1. The number of aromatic nitrogens is 6. The molecule has 11 heteroatoms. The maximum absolute atomic E-state index is 14.9. The quantitative estimate of drug-likeness (QED) is 0.393. The van der Waals surface area contributed by atoms with Gasteiger partial charge in [0.25, 0.3) is 0 Å². The maximum Gasteiger partial charge on any atom is 0.316 e. The van der Waals surface area contributed by atoms with Crippen LogP contribution in [0.3, 0.4) is 0 Å². The first-order chi connectivity index (χ1) is 16.5. The number of carboxylic acid groups (broad SMARTS) is 1. The summed E-state index contributed by atoms with van der Waals surface area (Å²) in [6.45, 7) is 0. The van der Waals surface area contributed by atoms with Gasteiger partial charge in [-0.1, -0.05) is 6.07 Å². The van der Waals surface area contributed by atoms with E-state index >= 15 is 0 Å². The molecule has 3 heterocycles. The second-order valence-electron chi connectivity index (χ2n) is 8.20. The van der Waals surface area contributed by atoms with Crippen LogP contribution in [-0.4, -0.2) is 47.3 Å². The third-order valence-electron chi connectivity index (χ3n) is 5.87. The zero-order valence-corrected chi connectivity index (χ0v) is 18.8. The van der Waals surface area contributed by atoms with E-state index in [0.717, 1.165) is 30.6 Å². The Kier molecular flexibility index (Phi) is 6.26. The number of halogens is 1. The molecular weight excluding hydrogens is 459 g/mol. The Labute approximate surface area is 198 Å². The average Bonchev–Trinajstić information content (AvgIpc) is 3.53. The van der Waals surface area contributed by atoms with Crippen LogP contribution >= 0.6 is 11.3 Å². The second kappa shape index (κ2) is 9.64. The van der Waals surface area contributed by atoms with Gasteiger partial charge in [0.1, 0.15) is 11.9 Å². The summed E-state index contributed by atoms with van der Waals surface area (Å²) in [7, 11) is 0. The molecule has 0 amide bonds. The zero-order valence-electron chi connectivity index (χ0n) is 18.0. The number of carboxylic acids is 1. The van der Waals surface area contributed by atoms with Crippen molar-refractivity contribution in [2.75, 3.05) is 0 Å². The van der Waals surface area contributed by atoms with Crippen LogP contribution < -0.4 is 4.74 Å². The number of ether oxygens (including phenoxy) is 1. The number of nitrogens with zero attached hydrogens (tertiary/aromatic N) is 5. The van der Waals surface area contributed by atoms with Gasteiger partial charge in [-0.15, -0.1) is 21.5 Å². The molecule has 0 atom stereocenters. The lowest BCUT2D eigenvalue weighted by Gasteiger charge is -2.27. The van der Waals surface area contributed by atoms with E-state index in [1.807, 2.05) is 0 Å². The Morgan fingerprint density at radius 3 is 2.53 bits per heavy atom. The van der Waals surface area contributed by atoms with E-state index < -0.39 is 11.8 Å². The molecule has 34 heavy (non-hydrogen) atoms. The highest BCUT2D eigenvalue weighted by molar-refractivity contribution is 7.13. The lowest BCUT2D eigenvalue weighted by Crippen LogP contribution is -2.25. The summed E-state index contributed by atoms with van der Waals surface area (Å²) in [6, 6.07) is 5.09. The van der Waals surface area contributed by atoms with Crippen LogP contribution in [0.4, 0.5) is 4.39 Å². The molecule has 1 aromatic carbocycles. The van der Waals surface area contributed by atoms with E-state index in [1.54, 1.807) is 36.2 Å². The fourth-order valence-electron chi connectivity index (χ4n) is 4.09. The summed E-state index contributed by atoms with van der Waals surface area (Å²) in [5.74, 6) is -0.113. The summed E-state index contributed by atoms with van der Waals surface area (Å²) in [6.07, 6.45) is 8.25. The monoisotopic (exact) mass is 480 g/mol. The molecule has 1 saturated carbocycles. The van der Waals surface area contributed by atoms with Crippen molar-refractivity contribution in [3.8, 4) is 39.2 Å². The van der Waals surface area contributed by atoms with Crippen molar-refractivity contribution >= 4 is 17.3 Å². The standard InChI is InChI=1S/C23H21FN6O3S/c24-18-8-14(3-6-17(18)21-28-22(30-29-21)19-11-25-12-34-19)15-9-26-23(27-10-15)33-16-4-1-13(2-5-16)7-20(31)32/h3,6,8-13,16H,1-2,4-5,7H2,(H,31,32)(H,28,29,30)/t13-,16+. The molecule has 0 bridgehead atoms. The zero-order chi connectivity index (χ0) is 23.5. The third kappa shape index (κ3) is 4.93. The highest BCUT2D eigenvalue weighted by atomic mass is 32.1. The predicted octanol–water partition coefficient (Wildman–Crippen LogP) is 4.60. The number of H-pyrrole nitrogens is 1. The highest BCUT2D eigenvalue weighted by Gasteiger charge is 2.24. The molecule has 0 saturated heterocycles. The first kappa shape index (κ1) is 22.1. The SMILES string of the molecule is O=C(O)C[C@H]1CC[C@@H](Oc2ncc(-c3ccc(-c4nnc(-c5cncs5)[nH]4)c(F)c3)cn2)CC1. The minimum Gasteiger partial charge on any atom is -0.481 e. The molecule has 3 aromatic heterocycles. The fraction of sp³-hybridized carbons (Fsp3) is 0.304. The topological polar surface area (TPSA) is 127 Å². The van der Waals surface area contributed by atoms with Crippen molar-refractivity contribution in [1.29, 1.82) is 0 Å². The fourth-order valence-corrected chi connectivity index (χ4v) is 4.65. The van der Waals surface area contributed by atoms with Crippen LogP contribution in [0.5, 0.6) is 6.01 Å². The van der Waals surface area contributed by atoms with Crippen LogP contribution in [0, 0.1) is 11.7 Å². The van der Waals surface area contributed by atoms with Gasteiger partial charge >= 0.3 is 12.0 Å². The van der Waals surface area contributed by atoms with Crippen molar-refractivity contribution in [3.05, 3.63) is 48.1 Å². The number of aromatic amines is 1. The number of rotatable bonds is 7. The summed E-state index contributed by atoms with van der Waals surface area (Å²) < 4.78 is 20.7. The lowest BCUT2D eigenvalue weighted by atomic mass is 9.85. The first-order valence-electron chi connectivity index (χ1n) is 10.9. The molecular formula is C23H21FN6O3S. The maximum atomic E-state index is 14.9. The van der Waals surface area contributed by atoms with Crippen molar-refractivity contribution in [2.24, 2.45) is 5.92 Å². The largest absolute Gasteiger partial charge is 0.481 e. The molecule has 0 radical (unpaired) electrons. The van der Waals surface area contributed by atoms with Gasteiger partial charge in [-0.05, 0) is 49.3 Å². The minimum absolute atomic E-state index is 0.0237. The van der Waals surface area contributed by atoms with E-state index in [9.17, 15) is 9.18 Å². The third-order valence-corrected chi connectivity index (χ3v) is 6.65. The Balaban J connectivity index is 1.23. The van der Waals surface area contributed by atoms with Gasteiger partial charge in [0.05, 0.1) is 16.0 Å². The molecule has 0 spiro atoms. The Morgan fingerprint density at radius 1 is 1.09 bits per heavy atom. The Hall–Kier alpha value is -3.73. The molecule has 9 nitrogen and oxygen atoms in total. The van der Waals surface area contributed by atoms with Crippen molar-refractivity contribution in [1.82, 2.24) is 30.1 Å². The van der Waals surface area contributed by atoms with Crippen LogP contribution in [0.15, 0.2) is 42.3 Å². The van der Waals surface area contributed by atoms with Crippen LogP contribution in [0.1, 0.15) is 32.1 Å². The average molecular weight is 481 g/mol. The van der Waals surface area contributed by atoms with Gasteiger partial charge in [0.2, 0.25) is 0 Å². The van der Waals surface area contributed by atoms with E-state index in [4.69, 9.17) is 9.84 Å². The summed E-state index contributed by atoms with van der Waals surface area (Å²) >= 11 is 1.42. The number of nitrogens with one attached hydrogen (secondary N) is 1. The molecule has 0 unspecified atom stereocenters. The summed E-state index contributed by atoms with van der Waals surface area (Å²) in [5, 5.41) is 17.1. The van der Waals surface area contributed by atoms with E-state index in [1.165, 1.54) is 17.4 Å². The van der Waals surface area contributed by atoms with Crippen molar-refractivity contribution < 1.29 is 19.0 Å². The highest BCUT2D eigenvalue weighted by Crippen LogP contribution is 2.30. The van der Waals surface area contributed by atoms with E-state index in [0.29, 0.717) is 28.3 Å². The number of aliphatic carboxylic acids is 1. The van der Waals surface area contributed by atoms with E-state index in [-0.39, 0.29) is 24.5 Å². The van der Waals surface area contributed by atoms with Crippen LogP contribution in [0.25, 0.3) is 33.2 Å². The van der Waals surface area contributed by atoms with Crippen LogP contribution in [-0.2, 0) is 4.79 Å². The van der Waals surface area contributed by atoms with Crippen LogP contribution in [0.2, 0.25) is 0 Å². The lowest BCUT2D eigenvalue weighted by molar-refractivity contribution is -0.138. The second-order valence-corrected chi connectivity index (χ2v) is 9.08. The molecule has 1 aliphatic rings. The summed E-state index contributed by atoms with van der Waals surface area (Å²) in [5.41, 5.74) is 3.29. The van der Waals surface area contributed by atoms with Gasteiger partial charge < -0.3 is 14.8 Å². The van der Waals surface area contributed by atoms with E-state index in [2.05, 4.69) is 30.1 Å². The van der Waals surface area contributed by atoms with Gasteiger partial charge in [0, 0.05) is 30.6 Å². The predicted molar refractivity (Wildman–Crippen MR) is 123 cm³/mol. The molecule has 1 aliphatic carbocycles. The Morgan fingerprint density at radius 2 is 1.85 bits per heavy atom. The number of thiazole rings is 1. The number of carbonyl (C=O) groups is 1.